The first-order valence-corrected chi connectivity index (χ1v) is 10.1. The van der Waals surface area contributed by atoms with E-state index in [1.807, 2.05) is 59.7 Å². The molecule has 4 rings (SSSR count). The summed E-state index contributed by atoms with van der Waals surface area (Å²) >= 11 is 1.62. The summed E-state index contributed by atoms with van der Waals surface area (Å²) < 4.78 is 5.78. The molecule has 0 saturated carbocycles. The van der Waals surface area contributed by atoms with Crippen molar-refractivity contribution in [3.8, 4) is 5.75 Å². The zero-order valence-electron chi connectivity index (χ0n) is 15.3. The van der Waals surface area contributed by atoms with Crippen LogP contribution in [0, 0.1) is 6.92 Å². The molecule has 27 heavy (non-hydrogen) atoms. The molecule has 1 amide bonds. The van der Waals surface area contributed by atoms with Gasteiger partial charge in [-0.05, 0) is 49.6 Å². The maximum Gasteiger partial charge on any atom is 0.254 e. The molecule has 3 aromatic rings. The lowest BCUT2D eigenvalue weighted by atomic mass is 10.0. The van der Waals surface area contributed by atoms with Crippen LogP contribution >= 0.6 is 11.3 Å². The van der Waals surface area contributed by atoms with Gasteiger partial charge in [0.15, 0.2) is 0 Å². The number of hydrogen-bond acceptors (Lipinski definition) is 4. The fourth-order valence-corrected chi connectivity index (χ4v) is 4.12. The maximum atomic E-state index is 13.0. The van der Waals surface area contributed by atoms with E-state index in [0.29, 0.717) is 12.2 Å². The van der Waals surface area contributed by atoms with Crippen molar-refractivity contribution in [1.29, 1.82) is 0 Å². The number of carbonyl (C=O) groups is 1. The molecule has 1 atom stereocenters. The molecule has 1 aliphatic heterocycles. The Morgan fingerprint density at radius 2 is 1.96 bits per heavy atom. The number of benzene rings is 2. The van der Waals surface area contributed by atoms with Crippen LogP contribution in [0.3, 0.4) is 0 Å². The van der Waals surface area contributed by atoms with Gasteiger partial charge in [-0.2, -0.15) is 0 Å². The number of carbonyl (C=O) groups excluding carboxylic acids is 1. The van der Waals surface area contributed by atoms with E-state index in [-0.39, 0.29) is 11.9 Å². The van der Waals surface area contributed by atoms with E-state index in [2.05, 4.69) is 17.1 Å². The van der Waals surface area contributed by atoms with Crippen molar-refractivity contribution in [1.82, 2.24) is 9.88 Å². The summed E-state index contributed by atoms with van der Waals surface area (Å²) in [5.74, 6) is 0.835. The Balaban J connectivity index is 1.42. The summed E-state index contributed by atoms with van der Waals surface area (Å²) in [5.41, 5.74) is 2.84. The molecule has 5 heteroatoms. The van der Waals surface area contributed by atoms with Crippen molar-refractivity contribution in [3.63, 3.8) is 0 Å². The highest BCUT2D eigenvalue weighted by atomic mass is 32.1. The molecule has 1 fully saturated rings. The van der Waals surface area contributed by atoms with Crippen molar-refractivity contribution >= 4 is 17.2 Å². The smallest absolute Gasteiger partial charge is 0.254 e. The molecule has 1 saturated heterocycles. The third-order valence-electron chi connectivity index (χ3n) is 4.85. The lowest BCUT2D eigenvalue weighted by Crippen LogP contribution is -2.30. The molecule has 0 aliphatic carbocycles. The summed E-state index contributed by atoms with van der Waals surface area (Å²) in [4.78, 5) is 19.4. The fourth-order valence-electron chi connectivity index (χ4n) is 3.52. The van der Waals surface area contributed by atoms with E-state index in [1.54, 1.807) is 11.3 Å². The molecular formula is C22H22N2O2S. The van der Waals surface area contributed by atoms with E-state index in [9.17, 15) is 4.79 Å². The third-order valence-corrected chi connectivity index (χ3v) is 5.67. The first kappa shape index (κ1) is 17.7. The van der Waals surface area contributed by atoms with Crippen LogP contribution in [0.2, 0.25) is 0 Å². The number of nitrogens with zero attached hydrogens (tertiary/aromatic N) is 2. The van der Waals surface area contributed by atoms with Gasteiger partial charge in [-0.3, -0.25) is 4.79 Å². The molecule has 0 spiro atoms. The van der Waals surface area contributed by atoms with Crippen LogP contribution in [0.1, 0.15) is 45.5 Å². The van der Waals surface area contributed by atoms with Crippen molar-refractivity contribution in [2.75, 3.05) is 6.54 Å². The van der Waals surface area contributed by atoms with Gasteiger partial charge in [0, 0.05) is 17.5 Å². The van der Waals surface area contributed by atoms with E-state index in [0.717, 1.165) is 35.8 Å². The van der Waals surface area contributed by atoms with Crippen LogP contribution < -0.4 is 4.74 Å². The first-order valence-electron chi connectivity index (χ1n) is 9.20. The highest BCUT2D eigenvalue weighted by molar-refractivity contribution is 7.09. The average Bonchev–Trinajstić information content (AvgIpc) is 3.36. The Labute approximate surface area is 163 Å². The van der Waals surface area contributed by atoms with Gasteiger partial charge in [0.1, 0.15) is 12.4 Å². The third kappa shape index (κ3) is 4.03. The minimum Gasteiger partial charge on any atom is -0.487 e. The van der Waals surface area contributed by atoms with Gasteiger partial charge >= 0.3 is 0 Å². The molecule has 2 aromatic carbocycles. The van der Waals surface area contributed by atoms with Crippen molar-refractivity contribution in [2.45, 2.75) is 32.4 Å². The topological polar surface area (TPSA) is 42.4 Å². The molecule has 0 N–H and O–H groups in total. The highest BCUT2D eigenvalue weighted by Gasteiger charge is 2.30. The fraction of sp³-hybridized carbons (Fsp3) is 0.273. The lowest BCUT2D eigenvalue weighted by molar-refractivity contribution is 0.0735. The zero-order chi connectivity index (χ0) is 18.6. The van der Waals surface area contributed by atoms with Gasteiger partial charge in [0.05, 0.1) is 16.7 Å². The Kier molecular flexibility index (Phi) is 5.21. The minimum absolute atomic E-state index is 0.0861. The van der Waals surface area contributed by atoms with Crippen molar-refractivity contribution in [2.24, 2.45) is 0 Å². The molecule has 2 heterocycles. The Morgan fingerprint density at radius 1 is 1.19 bits per heavy atom. The van der Waals surface area contributed by atoms with Crippen LogP contribution in [0.15, 0.2) is 60.0 Å². The van der Waals surface area contributed by atoms with Gasteiger partial charge in [-0.25, -0.2) is 4.98 Å². The normalized spacial score (nSPS) is 16.5. The number of likely N-dealkylation sites (tertiary alicyclic amines) is 1. The van der Waals surface area contributed by atoms with Crippen molar-refractivity contribution < 1.29 is 9.53 Å². The predicted octanol–water partition coefficient (Wildman–Crippen LogP) is 5.01. The standard InChI is InChI=1S/C22H22N2O2S/c1-16-23-19(15-27-16)14-26-20-11-9-18(10-12-20)22(25)24-13-5-8-21(24)17-6-3-2-4-7-17/h2-4,6-7,9-12,15,21H,5,8,13-14H2,1H3. The largest absolute Gasteiger partial charge is 0.487 e. The lowest BCUT2D eigenvalue weighted by Gasteiger charge is -2.25. The van der Waals surface area contributed by atoms with Crippen LogP contribution in [0.5, 0.6) is 5.75 Å². The van der Waals surface area contributed by atoms with Crippen LogP contribution in [0.25, 0.3) is 0 Å². The van der Waals surface area contributed by atoms with Gasteiger partial charge in [0.2, 0.25) is 0 Å². The number of aromatic nitrogens is 1. The maximum absolute atomic E-state index is 13.0. The van der Waals surface area contributed by atoms with E-state index in [1.165, 1.54) is 5.56 Å². The first-order chi connectivity index (χ1) is 13.2. The Morgan fingerprint density at radius 3 is 2.67 bits per heavy atom. The molecular weight excluding hydrogens is 356 g/mol. The number of hydrogen-bond donors (Lipinski definition) is 0. The zero-order valence-corrected chi connectivity index (χ0v) is 16.1. The SMILES string of the molecule is Cc1nc(COc2ccc(C(=O)N3CCCC3c3ccccc3)cc2)cs1. The summed E-state index contributed by atoms with van der Waals surface area (Å²) in [5, 5.41) is 3.04. The molecule has 0 bridgehead atoms. The number of ether oxygens (including phenoxy) is 1. The van der Waals surface area contributed by atoms with Gasteiger partial charge in [-0.15, -0.1) is 11.3 Å². The summed E-state index contributed by atoms with van der Waals surface area (Å²) in [7, 11) is 0. The summed E-state index contributed by atoms with van der Waals surface area (Å²) in [6.45, 7) is 3.23. The molecule has 1 aromatic heterocycles. The quantitative estimate of drug-likeness (QED) is 0.627. The van der Waals surface area contributed by atoms with Crippen LogP contribution in [-0.2, 0) is 6.61 Å². The second-order valence-electron chi connectivity index (χ2n) is 6.74. The van der Waals surface area contributed by atoms with E-state index < -0.39 is 0 Å². The molecule has 1 aliphatic rings. The van der Waals surface area contributed by atoms with Crippen LogP contribution in [-0.4, -0.2) is 22.3 Å². The van der Waals surface area contributed by atoms with Gasteiger partial charge in [-0.1, -0.05) is 30.3 Å². The average molecular weight is 378 g/mol. The highest BCUT2D eigenvalue weighted by Crippen LogP contribution is 2.33. The van der Waals surface area contributed by atoms with Crippen molar-refractivity contribution in [3.05, 3.63) is 81.8 Å². The number of rotatable bonds is 5. The minimum atomic E-state index is 0.0861. The predicted molar refractivity (Wildman–Crippen MR) is 107 cm³/mol. The number of aryl methyl sites for hydroxylation is 1. The monoisotopic (exact) mass is 378 g/mol. The summed E-state index contributed by atoms with van der Waals surface area (Å²) in [6, 6.07) is 17.9. The van der Waals surface area contributed by atoms with Gasteiger partial charge in [0.25, 0.3) is 5.91 Å². The second kappa shape index (κ2) is 7.92. The second-order valence-corrected chi connectivity index (χ2v) is 7.80. The number of thiazole rings is 1. The van der Waals surface area contributed by atoms with Gasteiger partial charge < -0.3 is 9.64 Å². The molecule has 1 unspecified atom stereocenters. The molecule has 4 nitrogen and oxygen atoms in total. The number of amides is 1. The Hall–Kier alpha value is -2.66. The summed E-state index contributed by atoms with van der Waals surface area (Å²) in [6.07, 6.45) is 2.06. The molecule has 138 valence electrons. The molecule has 0 radical (unpaired) electrons. The van der Waals surface area contributed by atoms with Crippen LogP contribution in [0.4, 0.5) is 0 Å². The Bertz CT molecular complexity index is 906. The van der Waals surface area contributed by atoms with E-state index >= 15 is 0 Å². The van der Waals surface area contributed by atoms with E-state index in [4.69, 9.17) is 4.74 Å².